The van der Waals surface area contributed by atoms with E-state index in [-0.39, 0.29) is 5.41 Å². The molecule has 0 aliphatic carbocycles. The summed E-state index contributed by atoms with van der Waals surface area (Å²) >= 11 is 5.96. The van der Waals surface area contributed by atoms with Crippen LogP contribution in [0, 0.1) is 5.41 Å². The number of halogens is 1. The highest BCUT2D eigenvalue weighted by Gasteiger charge is 2.33. The normalized spacial score (nSPS) is 28.2. The summed E-state index contributed by atoms with van der Waals surface area (Å²) in [6.07, 6.45) is 3.35. The van der Waals surface area contributed by atoms with Crippen molar-refractivity contribution < 1.29 is 9.47 Å². The van der Waals surface area contributed by atoms with E-state index < -0.39 is 0 Å². The number of ether oxygens (including phenoxy) is 2. The predicted octanol–water partition coefficient (Wildman–Crippen LogP) is 2.45. The van der Waals surface area contributed by atoms with Crippen LogP contribution in [0.5, 0.6) is 0 Å². The van der Waals surface area contributed by atoms with Crippen molar-refractivity contribution in [1.29, 1.82) is 0 Å². The summed E-state index contributed by atoms with van der Waals surface area (Å²) in [6.45, 7) is 5.40. The second-order valence-electron chi connectivity index (χ2n) is 3.74. The summed E-state index contributed by atoms with van der Waals surface area (Å²) in [5, 5.41) is 0. The topological polar surface area (TPSA) is 18.5 Å². The number of rotatable bonds is 6. The lowest BCUT2D eigenvalue weighted by atomic mass is 9.85. The molecule has 1 fully saturated rings. The lowest BCUT2D eigenvalue weighted by Gasteiger charge is -2.23. The molecule has 0 amide bonds. The fraction of sp³-hybridized carbons (Fsp3) is 1.00. The monoisotopic (exact) mass is 206 g/mol. The Morgan fingerprint density at radius 2 is 2.38 bits per heavy atom. The molecule has 3 heteroatoms. The molecule has 0 spiro atoms. The second-order valence-corrected chi connectivity index (χ2v) is 4.00. The van der Waals surface area contributed by atoms with E-state index in [1.165, 1.54) is 0 Å². The molecule has 1 rings (SSSR count). The quantitative estimate of drug-likeness (QED) is 0.491. The van der Waals surface area contributed by atoms with Crippen LogP contribution in [0.3, 0.4) is 0 Å². The van der Waals surface area contributed by atoms with Crippen LogP contribution < -0.4 is 0 Å². The second kappa shape index (κ2) is 5.84. The molecule has 1 aliphatic rings. The van der Waals surface area contributed by atoms with Gasteiger partial charge in [0.05, 0.1) is 6.61 Å². The summed E-state index contributed by atoms with van der Waals surface area (Å²) in [7, 11) is 0. The van der Waals surface area contributed by atoms with E-state index in [1.807, 2.05) is 6.92 Å². The fourth-order valence-electron chi connectivity index (χ4n) is 1.71. The molecule has 78 valence electrons. The first-order valence-corrected chi connectivity index (χ1v) is 5.58. The van der Waals surface area contributed by atoms with Gasteiger partial charge in [-0.25, -0.2) is 0 Å². The summed E-state index contributed by atoms with van der Waals surface area (Å²) in [5.41, 5.74) is 0.249. The number of alkyl halides is 1. The van der Waals surface area contributed by atoms with Gasteiger partial charge in [0.1, 0.15) is 0 Å². The summed E-state index contributed by atoms with van der Waals surface area (Å²) in [6, 6.07) is 0. The van der Waals surface area contributed by atoms with Gasteiger partial charge < -0.3 is 9.47 Å². The molecular weight excluding hydrogens is 188 g/mol. The SMILES string of the molecule is CCOCCCC1(CCl)CCOC1. The van der Waals surface area contributed by atoms with E-state index in [2.05, 4.69) is 0 Å². The van der Waals surface area contributed by atoms with Crippen LogP contribution in [-0.2, 0) is 9.47 Å². The van der Waals surface area contributed by atoms with E-state index in [9.17, 15) is 0 Å². The summed E-state index contributed by atoms with van der Waals surface area (Å²) < 4.78 is 10.7. The zero-order valence-electron chi connectivity index (χ0n) is 8.35. The standard InChI is InChI=1S/C10H19ClO2/c1-2-12-6-3-4-10(8-11)5-7-13-9-10/h2-9H2,1H3. The maximum atomic E-state index is 5.96. The largest absolute Gasteiger partial charge is 0.382 e. The van der Waals surface area contributed by atoms with Crippen molar-refractivity contribution in [2.45, 2.75) is 26.2 Å². The fourth-order valence-corrected chi connectivity index (χ4v) is 2.06. The molecule has 0 radical (unpaired) electrons. The molecule has 1 atom stereocenters. The van der Waals surface area contributed by atoms with Gasteiger partial charge in [-0.15, -0.1) is 11.6 Å². The molecule has 0 saturated carbocycles. The zero-order chi connectivity index (χ0) is 9.57. The molecule has 1 heterocycles. The Bertz CT molecular complexity index is 133. The van der Waals surface area contributed by atoms with Crippen LogP contribution in [0.1, 0.15) is 26.2 Å². The van der Waals surface area contributed by atoms with Crippen molar-refractivity contribution in [3.05, 3.63) is 0 Å². The van der Waals surface area contributed by atoms with E-state index in [4.69, 9.17) is 21.1 Å². The Balaban J connectivity index is 2.16. The van der Waals surface area contributed by atoms with Crippen LogP contribution in [0.4, 0.5) is 0 Å². The number of hydrogen-bond acceptors (Lipinski definition) is 2. The molecule has 0 aromatic carbocycles. The van der Waals surface area contributed by atoms with Crippen LogP contribution in [0.2, 0.25) is 0 Å². The summed E-state index contributed by atoms with van der Waals surface area (Å²) in [4.78, 5) is 0. The Labute approximate surface area is 85.5 Å². The van der Waals surface area contributed by atoms with Crippen molar-refractivity contribution in [2.75, 3.05) is 32.3 Å². The van der Waals surface area contributed by atoms with Crippen LogP contribution in [-0.4, -0.2) is 32.3 Å². The Hall–Kier alpha value is 0.210. The highest BCUT2D eigenvalue weighted by Crippen LogP contribution is 2.34. The van der Waals surface area contributed by atoms with Gasteiger partial charge in [-0.3, -0.25) is 0 Å². The molecular formula is C10H19ClO2. The van der Waals surface area contributed by atoms with E-state index >= 15 is 0 Å². The first-order chi connectivity index (χ1) is 6.33. The van der Waals surface area contributed by atoms with Gasteiger partial charge in [-0.2, -0.15) is 0 Å². The third-order valence-electron chi connectivity index (χ3n) is 2.67. The minimum absolute atomic E-state index is 0.249. The van der Waals surface area contributed by atoms with Gasteiger partial charge in [0, 0.05) is 31.1 Å². The molecule has 2 nitrogen and oxygen atoms in total. The Kier molecular flexibility index (Phi) is 5.07. The van der Waals surface area contributed by atoms with Crippen molar-refractivity contribution in [2.24, 2.45) is 5.41 Å². The lowest BCUT2D eigenvalue weighted by Crippen LogP contribution is -2.23. The Morgan fingerprint density at radius 3 is 2.92 bits per heavy atom. The number of hydrogen-bond donors (Lipinski definition) is 0. The third-order valence-corrected chi connectivity index (χ3v) is 3.24. The van der Waals surface area contributed by atoms with Gasteiger partial charge in [0.2, 0.25) is 0 Å². The molecule has 1 unspecified atom stereocenters. The highest BCUT2D eigenvalue weighted by molar-refractivity contribution is 6.18. The average molecular weight is 207 g/mol. The molecule has 1 aliphatic heterocycles. The molecule has 0 aromatic rings. The predicted molar refractivity (Wildman–Crippen MR) is 54.3 cm³/mol. The molecule has 0 N–H and O–H groups in total. The minimum atomic E-state index is 0.249. The maximum Gasteiger partial charge on any atom is 0.0534 e. The van der Waals surface area contributed by atoms with Gasteiger partial charge in [0.25, 0.3) is 0 Å². The van der Waals surface area contributed by atoms with Gasteiger partial charge in [-0.1, -0.05) is 0 Å². The van der Waals surface area contributed by atoms with Crippen molar-refractivity contribution in [3.63, 3.8) is 0 Å². The van der Waals surface area contributed by atoms with Gasteiger partial charge in [0.15, 0.2) is 0 Å². The third kappa shape index (κ3) is 3.45. The smallest absolute Gasteiger partial charge is 0.0534 e. The van der Waals surface area contributed by atoms with Crippen molar-refractivity contribution in [1.82, 2.24) is 0 Å². The Morgan fingerprint density at radius 1 is 1.54 bits per heavy atom. The van der Waals surface area contributed by atoms with Gasteiger partial charge in [-0.05, 0) is 26.2 Å². The van der Waals surface area contributed by atoms with E-state index in [0.717, 1.165) is 51.6 Å². The molecule has 0 bridgehead atoms. The average Bonchev–Trinajstić information content (AvgIpc) is 2.62. The maximum absolute atomic E-state index is 5.96. The first-order valence-electron chi connectivity index (χ1n) is 5.04. The first kappa shape index (κ1) is 11.3. The zero-order valence-corrected chi connectivity index (χ0v) is 9.11. The molecule has 13 heavy (non-hydrogen) atoms. The molecule has 1 saturated heterocycles. The van der Waals surface area contributed by atoms with Gasteiger partial charge >= 0.3 is 0 Å². The minimum Gasteiger partial charge on any atom is -0.382 e. The van der Waals surface area contributed by atoms with Crippen molar-refractivity contribution in [3.8, 4) is 0 Å². The van der Waals surface area contributed by atoms with Crippen molar-refractivity contribution >= 4 is 11.6 Å². The van der Waals surface area contributed by atoms with E-state index in [0.29, 0.717) is 0 Å². The van der Waals surface area contributed by atoms with Crippen LogP contribution in [0.25, 0.3) is 0 Å². The van der Waals surface area contributed by atoms with Crippen LogP contribution in [0.15, 0.2) is 0 Å². The van der Waals surface area contributed by atoms with E-state index in [1.54, 1.807) is 0 Å². The van der Waals surface area contributed by atoms with Crippen LogP contribution >= 0.6 is 11.6 Å². The molecule has 0 aromatic heterocycles. The highest BCUT2D eigenvalue weighted by atomic mass is 35.5. The summed E-state index contributed by atoms with van der Waals surface area (Å²) in [5.74, 6) is 0.721. The lowest BCUT2D eigenvalue weighted by molar-refractivity contribution is 0.120.